The Labute approximate surface area is 97.6 Å². The van der Waals surface area contributed by atoms with E-state index in [1.54, 1.807) is 0 Å². The molecular formula is C14H19NO. The number of nitrogens with one attached hydrogen (secondary N) is 1. The van der Waals surface area contributed by atoms with Crippen LogP contribution in [0, 0.1) is 0 Å². The quantitative estimate of drug-likeness (QED) is 0.533. The first-order valence-electron chi connectivity index (χ1n) is 5.54. The van der Waals surface area contributed by atoms with Gasteiger partial charge in [0.1, 0.15) is 0 Å². The molecule has 1 rings (SSSR count). The highest BCUT2D eigenvalue weighted by Crippen LogP contribution is 2.00. The lowest BCUT2D eigenvalue weighted by Crippen LogP contribution is -2.19. The van der Waals surface area contributed by atoms with E-state index in [0.29, 0.717) is 6.61 Å². The molecule has 0 aromatic heterocycles. The fourth-order valence-electron chi connectivity index (χ4n) is 1.25. The van der Waals surface area contributed by atoms with Crippen molar-refractivity contribution < 1.29 is 4.74 Å². The summed E-state index contributed by atoms with van der Waals surface area (Å²) in [5, 5.41) is 3.18. The topological polar surface area (TPSA) is 21.3 Å². The molecule has 0 saturated heterocycles. The molecule has 0 spiro atoms. The molecule has 0 unspecified atom stereocenters. The van der Waals surface area contributed by atoms with Gasteiger partial charge in [-0.05, 0) is 5.56 Å². The van der Waals surface area contributed by atoms with Crippen LogP contribution in [0.5, 0.6) is 0 Å². The Morgan fingerprint density at radius 1 is 1.25 bits per heavy atom. The molecule has 0 saturated carbocycles. The van der Waals surface area contributed by atoms with Crippen LogP contribution in [-0.4, -0.2) is 26.3 Å². The Morgan fingerprint density at radius 2 is 2.06 bits per heavy atom. The van der Waals surface area contributed by atoms with Crippen LogP contribution in [0.25, 0.3) is 6.08 Å². The van der Waals surface area contributed by atoms with Crippen molar-refractivity contribution in [2.75, 3.05) is 26.3 Å². The van der Waals surface area contributed by atoms with Gasteiger partial charge in [-0.25, -0.2) is 0 Å². The fourth-order valence-corrected chi connectivity index (χ4v) is 1.25. The van der Waals surface area contributed by atoms with Gasteiger partial charge in [0.05, 0.1) is 13.2 Å². The molecule has 0 fully saturated rings. The third-order valence-electron chi connectivity index (χ3n) is 2.04. The molecule has 0 bridgehead atoms. The van der Waals surface area contributed by atoms with Gasteiger partial charge in [0.15, 0.2) is 0 Å². The highest BCUT2D eigenvalue weighted by molar-refractivity contribution is 5.48. The Hall–Kier alpha value is -1.38. The summed E-state index contributed by atoms with van der Waals surface area (Å²) in [6, 6.07) is 10.2. The van der Waals surface area contributed by atoms with Gasteiger partial charge in [-0.3, -0.25) is 0 Å². The predicted molar refractivity (Wildman–Crippen MR) is 69.4 cm³/mol. The van der Waals surface area contributed by atoms with Crippen molar-refractivity contribution in [1.82, 2.24) is 5.32 Å². The number of hydrogen-bond donors (Lipinski definition) is 1. The zero-order valence-corrected chi connectivity index (χ0v) is 9.56. The molecule has 0 radical (unpaired) electrons. The molecule has 1 aromatic carbocycles. The molecule has 0 aliphatic rings. The van der Waals surface area contributed by atoms with Gasteiger partial charge in [0, 0.05) is 13.1 Å². The Morgan fingerprint density at radius 3 is 2.81 bits per heavy atom. The van der Waals surface area contributed by atoms with Crippen LogP contribution >= 0.6 is 0 Å². The van der Waals surface area contributed by atoms with E-state index in [4.69, 9.17) is 4.74 Å². The predicted octanol–water partition coefficient (Wildman–Crippen LogP) is 2.49. The second-order valence-corrected chi connectivity index (χ2v) is 3.38. The molecule has 2 nitrogen and oxygen atoms in total. The van der Waals surface area contributed by atoms with Crippen LogP contribution in [0.4, 0.5) is 0 Å². The van der Waals surface area contributed by atoms with Gasteiger partial charge in [-0.1, -0.05) is 48.6 Å². The lowest BCUT2D eigenvalue weighted by molar-refractivity contribution is 0.165. The average molecular weight is 217 g/mol. The number of ether oxygens (including phenoxy) is 1. The van der Waals surface area contributed by atoms with Gasteiger partial charge < -0.3 is 10.1 Å². The van der Waals surface area contributed by atoms with Gasteiger partial charge >= 0.3 is 0 Å². The van der Waals surface area contributed by atoms with Crippen molar-refractivity contribution in [1.29, 1.82) is 0 Å². The van der Waals surface area contributed by atoms with E-state index in [0.717, 1.165) is 19.7 Å². The summed E-state index contributed by atoms with van der Waals surface area (Å²) in [5.74, 6) is 0. The third-order valence-corrected chi connectivity index (χ3v) is 2.04. The van der Waals surface area contributed by atoms with Crippen LogP contribution in [0.1, 0.15) is 5.56 Å². The maximum absolute atomic E-state index is 5.42. The summed E-state index contributed by atoms with van der Waals surface area (Å²) >= 11 is 0. The first-order valence-corrected chi connectivity index (χ1v) is 5.54. The summed E-state index contributed by atoms with van der Waals surface area (Å²) in [5.41, 5.74) is 1.20. The first kappa shape index (κ1) is 12.7. The van der Waals surface area contributed by atoms with E-state index in [9.17, 15) is 0 Å². The smallest absolute Gasteiger partial charge is 0.0651 e. The second-order valence-electron chi connectivity index (χ2n) is 3.38. The number of rotatable bonds is 8. The van der Waals surface area contributed by atoms with Crippen molar-refractivity contribution in [2.24, 2.45) is 0 Å². The van der Waals surface area contributed by atoms with Crippen molar-refractivity contribution in [3.63, 3.8) is 0 Å². The minimum Gasteiger partial charge on any atom is -0.376 e. The first-order chi connectivity index (χ1) is 7.93. The molecule has 2 heteroatoms. The molecule has 0 aliphatic carbocycles. The maximum atomic E-state index is 5.42. The summed E-state index contributed by atoms with van der Waals surface area (Å²) < 4.78 is 5.42. The van der Waals surface area contributed by atoms with Crippen LogP contribution in [0.15, 0.2) is 49.1 Å². The van der Waals surface area contributed by atoms with E-state index in [1.807, 2.05) is 30.4 Å². The van der Waals surface area contributed by atoms with Crippen LogP contribution in [0.3, 0.4) is 0 Å². The van der Waals surface area contributed by atoms with Gasteiger partial charge in [-0.15, -0.1) is 6.58 Å². The maximum Gasteiger partial charge on any atom is 0.0651 e. The monoisotopic (exact) mass is 217 g/mol. The number of hydrogen-bond acceptors (Lipinski definition) is 2. The Balaban J connectivity index is 2.03. The second kappa shape index (κ2) is 8.89. The molecule has 0 heterocycles. The summed E-state index contributed by atoms with van der Waals surface area (Å²) in [6.07, 6.45) is 5.94. The van der Waals surface area contributed by atoms with E-state index in [1.165, 1.54) is 5.56 Å². The largest absolute Gasteiger partial charge is 0.376 e. The molecule has 0 amide bonds. The van der Waals surface area contributed by atoms with E-state index < -0.39 is 0 Å². The van der Waals surface area contributed by atoms with Gasteiger partial charge in [0.2, 0.25) is 0 Å². The Kier molecular flexibility index (Phi) is 7.05. The summed E-state index contributed by atoms with van der Waals surface area (Å²) in [6.45, 7) is 6.72. The zero-order valence-electron chi connectivity index (χ0n) is 9.56. The van der Waals surface area contributed by atoms with E-state index >= 15 is 0 Å². The molecule has 16 heavy (non-hydrogen) atoms. The van der Waals surface area contributed by atoms with Crippen molar-refractivity contribution in [3.05, 3.63) is 54.6 Å². The lowest BCUT2D eigenvalue weighted by atomic mass is 10.2. The van der Waals surface area contributed by atoms with Crippen LogP contribution < -0.4 is 5.32 Å². The normalized spacial score (nSPS) is 10.8. The lowest BCUT2D eigenvalue weighted by Gasteiger charge is -2.01. The summed E-state index contributed by atoms with van der Waals surface area (Å²) in [4.78, 5) is 0. The fraction of sp³-hybridized carbons (Fsp3) is 0.286. The van der Waals surface area contributed by atoms with Crippen molar-refractivity contribution in [3.8, 4) is 0 Å². The van der Waals surface area contributed by atoms with Crippen molar-refractivity contribution in [2.45, 2.75) is 0 Å². The van der Waals surface area contributed by atoms with Crippen LogP contribution in [0.2, 0.25) is 0 Å². The SMILES string of the molecule is C=CCNCCOCC=Cc1ccccc1. The third kappa shape index (κ3) is 6.17. The minimum absolute atomic E-state index is 0.657. The average Bonchev–Trinajstić information content (AvgIpc) is 2.34. The van der Waals surface area contributed by atoms with Gasteiger partial charge in [-0.2, -0.15) is 0 Å². The van der Waals surface area contributed by atoms with E-state index in [2.05, 4.69) is 30.1 Å². The molecule has 0 atom stereocenters. The minimum atomic E-state index is 0.657. The van der Waals surface area contributed by atoms with Gasteiger partial charge in [0.25, 0.3) is 0 Å². The highest BCUT2D eigenvalue weighted by Gasteiger charge is 1.85. The van der Waals surface area contributed by atoms with Crippen molar-refractivity contribution >= 4 is 6.08 Å². The number of benzene rings is 1. The zero-order chi connectivity index (χ0) is 11.5. The highest BCUT2D eigenvalue weighted by atomic mass is 16.5. The van der Waals surface area contributed by atoms with E-state index in [-0.39, 0.29) is 0 Å². The summed E-state index contributed by atoms with van der Waals surface area (Å²) in [7, 11) is 0. The molecular weight excluding hydrogens is 198 g/mol. The molecule has 86 valence electrons. The Bertz CT molecular complexity index is 306. The molecule has 1 aromatic rings. The molecule has 1 N–H and O–H groups in total. The molecule has 0 aliphatic heterocycles. The van der Waals surface area contributed by atoms with Crippen LogP contribution in [-0.2, 0) is 4.74 Å². The standard InChI is InChI=1S/C14H19NO/c1-2-10-15-11-13-16-12-6-9-14-7-4-3-5-8-14/h2-9,15H,1,10-13H2.